The predicted molar refractivity (Wildman–Crippen MR) is 101 cm³/mol. The van der Waals surface area contributed by atoms with Crippen molar-refractivity contribution >= 4 is 6.03 Å². The number of urea groups is 1. The standard InChI is InChI=1S/C21H27N3O2/c22-16-18-7-4-8-20(15-18)26-19-10-13-24(14-11-19)21(25)23-12-9-17-5-2-1-3-6-17/h4-5,7-8,15,19H,1-3,6,9-14H2,(H,23,25). The Hall–Kier alpha value is -2.48. The van der Waals surface area contributed by atoms with Gasteiger partial charge in [0.2, 0.25) is 0 Å². The van der Waals surface area contributed by atoms with Crippen LogP contribution in [0.25, 0.3) is 0 Å². The van der Waals surface area contributed by atoms with Gasteiger partial charge < -0.3 is 15.0 Å². The van der Waals surface area contributed by atoms with Crippen molar-refractivity contribution in [2.24, 2.45) is 0 Å². The topological polar surface area (TPSA) is 65.4 Å². The van der Waals surface area contributed by atoms with Crippen molar-refractivity contribution in [3.05, 3.63) is 41.5 Å². The number of piperidine rings is 1. The zero-order valence-electron chi connectivity index (χ0n) is 15.2. The highest BCUT2D eigenvalue weighted by Gasteiger charge is 2.23. The number of benzene rings is 1. The number of nitriles is 1. The summed E-state index contributed by atoms with van der Waals surface area (Å²) in [6.07, 6.45) is 9.99. The van der Waals surface area contributed by atoms with E-state index in [0.717, 1.165) is 31.6 Å². The van der Waals surface area contributed by atoms with Crippen LogP contribution in [-0.2, 0) is 0 Å². The lowest BCUT2D eigenvalue weighted by molar-refractivity contribution is 0.111. The number of nitrogens with zero attached hydrogens (tertiary/aromatic N) is 2. The Morgan fingerprint density at radius 1 is 1.31 bits per heavy atom. The van der Waals surface area contributed by atoms with Crippen molar-refractivity contribution in [2.75, 3.05) is 19.6 Å². The maximum atomic E-state index is 12.3. The average Bonchev–Trinajstić information content (AvgIpc) is 2.69. The lowest BCUT2D eigenvalue weighted by atomic mass is 9.97. The Morgan fingerprint density at radius 2 is 2.15 bits per heavy atom. The molecule has 3 rings (SSSR count). The number of hydrogen-bond acceptors (Lipinski definition) is 3. The number of amides is 2. The SMILES string of the molecule is N#Cc1cccc(OC2CCN(C(=O)NCCC3=CCCCC3)CC2)c1. The van der Waals surface area contributed by atoms with E-state index in [4.69, 9.17) is 10.00 Å². The van der Waals surface area contributed by atoms with Crippen LogP contribution < -0.4 is 10.1 Å². The summed E-state index contributed by atoms with van der Waals surface area (Å²) < 4.78 is 5.97. The molecule has 0 bridgehead atoms. The number of ether oxygens (including phenoxy) is 1. The Kier molecular flexibility index (Phi) is 6.54. The number of carbonyl (C=O) groups is 1. The second-order valence-electron chi connectivity index (χ2n) is 7.03. The summed E-state index contributed by atoms with van der Waals surface area (Å²) in [5, 5.41) is 12.0. The monoisotopic (exact) mass is 353 g/mol. The van der Waals surface area contributed by atoms with Crippen LogP contribution in [0.3, 0.4) is 0 Å². The van der Waals surface area contributed by atoms with Crippen LogP contribution in [0.15, 0.2) is 35.9 Å². The summed E-state index contributed by atoms with van der Waals surface area (Å²) >= 11 is 0. The summed E-state index contributed by atoms with van der Waals surface area (Å²) in [4.78, 5) is 14.2. The smallest absolute Gasteiger partial charge is 0.317 e. The summed E-state index contributed by atoms with van der Waals surface area (Å²) in [5.74, 6) is 0.729. The minimum atomic E-state index is 0.0336. The Morgan fingerprint density at radius 3 is 2.88 bits per heavy atom. The van der Waals surface area contributed by atoms with Crippen LogP contribution in [-0.4, -0.2) is 36.7 Å². The van der Waals surface area contributed by atoms with E-state index in [9.17, 15) is 4.79 Å². The lowest BCUT2D eigenvalue weighted by Crippen LogP contribution is -2.46. The lowest BCUT2D eigenvalue weighted by Gasteiger charge is -2.32. The van der Waals surface area contributed by atoms with E-state index in [1.54, 1.807) is 12.1 Å². The second-order valence-corrected chi connectivity index (χ2v) is 7.03. The molecule has 26 heavy (non-hydrogen) atoms. The molecule has 138 valence electrons. The van der Waals surface area contributed by atoms with Crippen LogP contribution in [0.5, 0.6) is 5.75 Å². The van der Waals surface area contributed by atoms with Gasteiger partial charge in [-0.3, -0.25) is 0 Å². The van der Waals surface area contributed by atoms with Gasteiger partial charge in [-0.1, -0.05) is 17.7 Å². The van der Waals surface area contributed by atoms with E-state index in [1.807, 2.05) is 17.0 Å². The number of likely N-dealkylation sites (tertiary alicyclic amines) is 1. The minimum Gasteiger partial charge on any atom is -0.490 e. The molecule has 0 aromatic heterocycles. The van der Waals surface area contributed by atoms with Crippen LogP contribution >= 0.6 is 0 Å². The molecule has 0 saturated carbocycles. The minimum absolute atomic E-state index is 0.0336. The zero-order chi connectivity index (χ0) is 18.2. The van der Waals surface area contributed by atoms with E-state index >= 15 is 0 Å². The molecule has 2 aliphatic rings. The molecule has 1 aromatic rings. The van der Waals surface area contributed by atoms with Gasteiger partial charge in [-0.05, 0) is 50.3 Å². The molecule has 2 amide bonds. The number of hydrogen-bond donors (Lipinski definition) is 1. The van der Waals surface area contributed by atoms with Crippen molar-refractivity contribution in [3.63, 3.8) is 0 Å². The third-order valence-corrected chi connectivity index (χ3v) is 5.10. The maximum absolute atomic E-state index is 12.3. The van der Waals surface area contributed by atoms with Gasteiger partial charge in [0, 0.05) is 32.5 Å². The van der Waals surface area contributed by atoms with Crippen molar-refractivity contribution in [1.29, 1.82) is 5.26 Å². The summed E-state index contributed by atoms with van der Waals surface area (Å²) in [7, 11) is 0. The van der Waals surface area contributed by atoms with Gasteiger partial charge >= 0.3 is 6.03 Å². The molecule has 0 radical (unpaired) electrons. The molecule has 5 nitrogen and oxygen atoms in total. The molecule has 1 aliphatic heterocycles. The number of rotatable bonds is 5. The van der Waals surface area contributed by atoms with E-state index in [0.29, 0.717) is 18.7 Å². The van der Waals surface area contributed by atoms with E-state index in [1.165, 1.54) is 31.3 Å². The highest BCUT2D eigenvalue weighted by atomic mass is 16.5. The van der Waals surface area contributed by atoms with Crippen molar-refractivity contribution in [2.45, 2.75) is 51.0 Å². The van der Waals surface area contributed by atoms with E-state index < -0.39 is 0 Å². The Bertz CT molecular complexity index is 685. The van der Waals surface area contributed by atoms with Crippen molar-refractivity contribution < 1.29 is 9.53 Å². The normalized spacial score (nSPS) is 18.0. The molecular formula is C21H27N3O2. The second kappa shape index (κ2) is 9.28. The van der Waals surface area contributed by atoms with Gasteiger partial charge in [0.15, 0.2) is 0 Å². The van der Waals surface area contributed by atoms with E-state index in [2.05, 4.69) is 17.5 Å². The molecule has 1 N–H and O–H groups in total. The molecule has 1 aromatic carbocycles. The quantitative estimate of drug-likeness (QED) is 0.814. The third kappa shape index (κ3) is 5.26. The summed E-state index contributed by atoms with van der Waals surface area (Å²) in [6.45, 7) is 2.14. The van der Waals surface area contributed by atoms with Gasteiger partial charge in [-0.25, -0.2) is 4.79 Å². The van der Waals surface area contributed by atoms with Crippen LogP contribution in [0, 0.1) is 11.3 Å². The largest absolute Gasteiger partial charge is 0.490 e. The molecule has 0 unspecified atom stereocenters. The first-order valence-electron chi connectivity index (χ1n) is 9.62. The van der Waals surface area contributed by atoms with Gasteiger partial charge in [-0.15, -0.1) is 0 Å². The molecule has 5 heteroatoms. The van der Waals surface area contributed by atoms with Crippen molar-refractivity contribution in [3.8, 4) is 11.8 Å². The fourth-order valence-electron chi connectivity index (χ4n) is 3.58. The summed E-state index contributed by atoms with van der Waals surface area (Å²) in [6, 6.07) is 9.39. The number of nitrogens with one attached hydrogen (secondary N) is 1. The highest BCUT2D eigenvalue weighted by molar-refractivity contribution is 5.74. The average molecular weight is 353 g/mol. The number of allylic oxidation sites excluding steroid dienone is 1. The van der Waals surface area contributed by atoms with Crippen LogP contribution in [0.4, 0.5) is 4.79 Å². The Balaban J connectivity index is 1.38. The fourth-order valence-corrected chi connectivity index (χ4v) is 3.58. The molecule has 0 atom stereocenters. The van der Waals surface area contributed by atoms with Crippen LogP contribution in [0.1, 0.15) is 50.5 Å². The van der Waals surface area contributed by atoms with Gasteiger partial charge in [-0.2, -0.15) is 5.26 Å². The van der Waals surface area contributed by atoms with Crippen LogP contribution in [0.2, 0.25) is 0 Å². The summed E-state index contributed by atoms with van der Waals surface area (Å²) in [5.41, 5.74) is 2.09. The predicted octanol–water partition coefficient (Wildman–Crippen LogP) is 4.00. The first-order valence-corrected chi connectivity index (χ1v) is 9.62. The molecular weight excluding hydrogens is 326 g/mol. The van der Waals surface area contributed by atoms with Gasteiger partial charge in [0.05, 0.1) is 11.6 Å². The third-order valence-electron chi connectivity index (χ3n) is 5.10. The van der Waals surface area contributed by atoms with Crippen molar-refractivity contribution in [1.82, 2.24) is 10.2 Å². The first kappa shape index (κ1) is 18.3. The molecule has 1 saturated heterocycles. The maximum Gasteiger partial charge on any atom is 0.317 e. The van der Waals surface area contributed by atoms with Gasteiger partial charge in [0.25, 0.3) is 0 Å². The first-order chi connectivity index (χ1) is 12.7. The molecule has 1 aliphatic carbocycles. The number of carbonyl (C=O) groups excluding carboxylic acids is 1. The molecule has 1 fully saturated rings. The molecule has 1 heterocycles. The van der Waals surface area contributed by atoms with Gasteiger partial charge in [0.1, 0.15) is 11.9 Å². The zero-order valence-corrected chi connectivity index (χ0v) is 15.2. The molecule has 0 spiro atoms. The highest BCUT2D eigenvalue weighted by Crippen LogP contribution is 2.21. The Labute approximate surface area is 155 Å². The fraction of sp³-hybridized carbons (Fsp3) is 0.524. The van der Waals surface area contributed by atoms with E-state index in [-0.39, 0.29) is 12.1 Å².